The maximum absolute atomic E-state index is 8.94. The first kappa shape index (κ1) is 12.1. The molecule has 1 aliphatic rings. The number of ether oxygens (including phenoxy) is 1. The third-order valence-electron chi connectivity index (χ3n) is 3.57. The molecule has 2 aromatic heterocycles. The molecule has 5 nitrogen and oxygen atoms in total. The number of hydrogen-bond acceptors (Lipinski definition) is 4. The zero-order chi connectivity index (χ0) is 13.1. The molecule has 1 atom stereocenters. The van der Waals surface area contributed by atoms with Gasteiger partial charge in [-0.2, -0.15) is 5.26 Å². The molecule has 1 aliphatic heterocycles. The van der Waals surface area contributed by atoms with Crippen LogP contribution in [0.4, 0.5) is 0 Å². The zero-order valence-corrected chi connectivity index (χ0v) is 10.7. The Morgan fingerprint density at radius 3 is 3.11 bits per heavy atom. The Kier molecular flexibility index (Phi) is 3.43. The molecule has 1 saturated heterocycles. The second-order valence-corrected chi connectivity index (χ2v) is 4.90. The van der Waals surface area contributed by atoms with Gasteiger partial charge in [0.25, 0.3) is 0 Å². The van der Waals surface area contributed by atoms with Gasteiger partial charge < -0.3 is 4.74 Å². The lowest BCUT2D eigenvalue weighted by Crippen LogP contribution is -2.19. The number of aryl methyl sites for hydroxylation is 1. The van der Waals surface area contributed by atoms with Crippen molar-refractivity contribution in [1.82, 2.24) is 14.6 Å². The van der Waals surface area contributed by atoms with Gasteiger partial charge in [-0.25, -0.2) is 0 Å². The molecule has 5 heteroatoms. The highest BCUT2D eigenvalue weighted by atomic mass is 16.5. The van der Waals surface area contributed by atoms with E-state index in [-0.39, 0.29) is 0 Å². The van der Waals surface area contributed by atoms with Crippen LogP contribution in [0, 0.1) is 11.3 Å². The van der Waals surface area contributed by atoms with E-state index in [4.69, 9.17) is 10.00 Å². The quantitative estimate of drug-likeness (QED) is 0.843. The number of pyridine rings is 1. The molecule has 0 bridgehead atoms. The molecule has 0 radical (unpaired) electrons. The number of rotatable bonds is 3. The van der Waals surface area contributed by atoms with Gasteiger partial charge in [0, 0.05) is 19.2 Å². The minimum atomic E-state index is 0.347. The fraction of sp³-hybridized carbons (Fsp3) is 0.500. The van der Waals surface area contributed by atoms with Crippen LogP contribution in [0.2, 0.25) is 0 Å². The summed E-state index contributed by atoms with van der Waals surface area (Å²) in [6.45, 7) is 0.879. The molecule has 0 aliphatic carbocycles. The first-order chi connectivity index (χ1) is 9.36. The molecule has 0 saturated carbocycles. The number of aromatic nitrogens is 3. The van der Waals surface area contributed by atoms with Crippen molar-refractivity contribution in [2.45, 2.75) is 38.2 Å². The van der Waals surface area contributed by atoms with Gasteiger partial charge in [0.2, 0.25) is 0 Å². The van der Waals surface area contributed by atoms with E-state index in [1.165, 1.54) is 12.8 Å². The predicted molar refractivity (Wildman–Crippen MR) is 69.6 cm³/mol. The lowest BCUT2D eigenvalue weighted by molar-refractivity contribution is 0.0112. The predicted octanol–water partition coefficient (Wildman–Crippen LogP) is 2.10. The summed E-state index contributed by atoms with van der Waals surface area (Å²) in [4.78, 5) is 0. The molecule has 2 aromatic rings. The summed E-state index contributed by atoms with van der Waals surface area (Å²) in [7, 11) is 0. The fourth-order valence-electron chi connectivity index (χ4n) is 2.50. The maximum atomic E-state index is 8.94. The molecule has 0 amide bonds. The van der Waals surface area contributed by atoms with E-state index in [9.17, 15) is 0 Å². The first-order valence-electron chi connectivity index (χ1n) is 6.72. The van der Waals surface area contributed by atoms with Gasteiger partial charge in [-0.3, -0.25) is 4.40 Å². The van der Waals surface area contributed by atoms with E-state index in [2.05, 4.69) is 16.3 Å². The lowest BCUT2D eigenvalue weighted by Gasteiger charge is -2.21. The molecule has 3 rings (SSSR count). The molecule has 98 valence electrons. The summed E-state index contributed by atoms with van der Waals surface area (Å²) in [6, 6.07) is 5.73. The Morgan fingerprint density at radius 1 is 1.37 bits per heavy atom. The summed E-state index contributed by atoms with van der Waals surface area (Å²) < 4.78 is 7.63. The Hall–Kier alpha value is -1.93. The average Bonchev–Trinajstić information content (AvgIpc) is 2.88. The second-order valence-electron chi connectivity index (χ2n) is 4.90. The number of fused-ring (bicyclic) bond motifs is 1. The van der Waals surface area contributed by atoms with Gasteiger partial charge in [-0.1, -0.05) is 0 Å². The van der Waals surface area contributed by atoms with Crippen molar-refractivity contribution in [3.8, 4) is 6.07 Å². The first-order valence-corrected chi connectivity index (χ1v) is 6.72. The van der Waals surface area contributed by atoms with Gasteiger partial charge in [-0.05, 0) is 37.8 Å². The van der Waals surface area contributed by atoms with E-state index >= 15 is 0 Å². The highest BCUT2D eigenvalue weighted by Crippen LogP contribution is 2.17. The number of hydrogen-bond donors (Lipinski definition) is 0. The summed E-state index contributed by atoms with van der Waals surface area (Å²) in [6.07, 6.45) is 7.52. The fourth-order valence-corrected chi connectivity index (χ4v) is 2.50. The highest BCUT2D eigenvalue weighted by Gasteiger charge is 2.15. The molecule has 3 heterocycles. The van der Waals surface area contributed by atoms with Crippen molar-refractivity contribution in [2.24, 2.45) is 0 Å². The normalized spacial score (nSPS) is 19.4. The van der Waals surface area contributed by atoms with Gasteiger partial charge >= 0.3 is 0 Å². The second kappa shape index (κ2) is 5.37. The molecular formula is C14H16N4O. The minimum Gasteiger partial charge on any atom is -0.378 e. The van der Waals surface area contributed by atoms with Gasteiger partial charge in [-0.15, -0.1) is 10.2 Å². The summed E-state index contributed by atoms with van der Waals surface area (Å²) >= 11 is 0. The van der Waals surface area contributed by atoms with Crippen LogP contribution in [0.15, 0.2) is 18.3 Å². The number of nitriles is 1. The van der Waals surface area contributed by atoms with Crippen LogP contribution in [0.3, 0.4) is 0 Å². The van der Waals surface area contributed by atoms with Crippen molar-refractivity contribution in [3.63, 3.8) is 0 Å². The van der Waals surface area contributed by atoms with E-state index < -0.39 is 0 Å². The summed E-state index contributed by atoms with van der Waals surface area (Å²) in [5.41, 5.74) is 1.42. The minimum absolute atomic E-state index is 0.347. The molecule has 1 fully saturated rings. The largest absolute Gasteiger partial charge is 0.378 e. The average molecular weight is 256 g/mol. The molecule has 1 unspecified atom stereocenters. The Labute approximate surface area is 111 Å². The van der Waals surface area contributed by atoms with E-state index in [0.29, 0.717) is 11.7 Å². The highest BCUT2D eigenvalue weighted by molar-refractivity contribution is 5.42. The Bertz CT molecular complexity index is 607. The molecular weight excluding hydrogens is 240 g/mol. The van der Waals surface area contributed by atoms with E-state index in [1.54, 1.807) is 12.3 Å². The van der Waals surface area contributed by atoms with Crippen LogP contribution in [-0.2, 0) is 11.2 Å². The Balaban J connectivity index is 1.75. The van der Waals surface area contributed by atoms with E-state index in [0.717, 1.165) is 37.3 Å². The Morgan fingerprint density at radius 2 is 2.32 bits per heavy atom. The van der Waals surface area contributed by atoms with Crippen molar-refractivity contribution in [2.75, 3.05) is 6.61 Å². The van der Waals surface area contributed by atoms with Gasteiger partial charge in [0.05, 0.1) is 11.7 Å². The van der Waals surface area contributed by atoms with Crippen LogP contribution in [-0.4, -0.2) is 27.3 Å². The monoisotopic (exact) mass is 256 g/mol. The van der Waals surface area contributed by atoms with Crippen molar-refractivity contribution in [1.29, 1.82) is 5.26 Å². The van der Waals surface area contributed by atoms with Crippen LogP contribution in [0.25, 0.3) is 5.65 Å². The summed E-state index contributed by atoms with van der Waals surface area (Å²) in [5.74, 6) is 0.904. The number of nitrogens with zero attached hydrogens (tertiary/aromatic N) is 4. The molecule has 0 spiro atoms. The van der Waals surface area contributed by atoms with Crippen LogP contribution < -0.4 is 0 Å². The third-order valence-corrected chi connectivity index (χ3v) is 3.57. The van der Waals surface area contributed by atoms with Crippen LogP contribution in [0.5, 0.6) is 0 Å². The summed E-state index contributed by atoms with van der Waals surface area (Å²) in [5, 5.41) is 17.3. The molecule has 0 N–H and O–H groups in total. The van der Waals surface area contributed by atoms with Crippen molar-refractivity contribution >= 4 is 5.65 Å². The van der Waals surface area contributed by atoms with Gasteiger partial charge in [0.1, 0.15) is 11.9 Å². The zero-order valence-electron chi connectivity index (χ0n) is 10.7. The smallest absolute Gasteiger partial charge is 0.160 e. The molecule has 19 heavy (non-hydrogen) atoms. The van der Waals surface area contributed by atoms with Crippen LogP contribution in [0.1, 0.15) is 37.1 Å². The topological polar surface area (TPSA) is 63.2 Å². The third kappa shape index (κ3) is 2.59. The van der Waals surface area contributed by atoms with E-state index in [1.807, 2.05) is 10.5 Å². The van der Waals surface area contributed by atoms with Gasteiger partial charge in [0.15, 0.2) is 5.65 Å². The van der Waals surface area contributed by atoms with Crippen molar-refractivity contribution < 1.29 is 4.74 Å². The lowest BCUT2D eigenvalue weighted by atomic mass is 10.0. The maximum Gasteiger partial charge on any atom is 0.160 e. The van der Waals surface area contributed by atoms with Crippen molar-refractivity contribution in [3.05, 3.63) is 29.7 Å². The molecule has 0 aromatic carbocycles. The SMILES string of the molecule is N#Cc1ccc2nnc(CCC3CCCCO3)n2c1. The standard InChI is InChI=1S/C14H16N4O/c15-9-11-4-6-13-16-17-14(18(13)10-11)7-5-12-3-1-2-8-19-12/h4,6,10,12H,1-3,5,7-8H2. The van der Waals surface area contributed by atoms with Crippen LogP contribution >= 0.6 is 0 Å².